The van der Waals surface area contributed by atoms with Gasteiger partial charge in [-0.1, -0.05) is 37.8 Å². The van der Waals surface area contributed by atoms with E-state index in [0.29, 0.717) is 18.1 Å². The van der Waals surface area contributed by atoms with Crippen LogP contribution in [0, 0.1) is 5.92 Å². The molecule has 0 spiro atoms. The van der Waals surface area contributed by atoms with E-state index in [2.05, 4.69) is 12.2 Å². The highest BCUT2D eigenvalue weighted by atomic mass is 35.5. The number of nitrogens with one attached hydrogen (secondary N) is 1. The average molecular weight is 323 g/mol. The van der Waals surface area contributed by atoms with E-state index in [1.54, 1.807) is 17.0 Å². The van der Waals surface area contributed by atoms with Crippen molar-refractivity contribution in [1.82, 2.24) is 5.32 Å². The maximum absolute atomic E-state index is 12.1. The van der Waals surface area contributed by atoms with Crippen LogP contribution in [-0.2, 0) is 9.59 Å². The first kappa shape index (κ1) is 16.8. The average Bonchev–Trinajstić information content (AvgIpc) is 2.90. The van der Waals surface area contributed by atoms with Crippen LogP contribution >= 0.6 is 11.6 Å². The van der Waals surface area contributed by atoms with Crippen LogP contribution in [0.25, 0.3) is 0 Å². The third-order valence-corrected chi connectivity index (χ3v) is 4.22. The zero-order valence-corrected chi connectivity index (χ0v) is 13.7. The predicted octanol–water partition coefficient (Wildman–Crippen LogP) is 3.39. The van der Waals surface area contributed by atoms with Gasteiger partial charge in [0.15, 0.2) is 0 Å². The van der Waals surface area contributed by atoms with E-state index in [1.165, 1.54) is 12.8 Å². The van der Waals surface area contributed by atoms with E-state index in [4.69, 9.17) is 11.6 Å². The van der Waals surface area contributed by atoms with Crippen LogP contribution in [0.15, 0.2) is 24.3 Å². The first-order chi connectivity index (χ1) is 10.6. The molecule has 0 aliphatic carbocycles. The molecule has 1 fully saturated rings. The van der Waals surface area contributed by atoms with Gasteiger partial charge >= 0.3 is 0 Å². The van der Waals surface area contributed by atoms with Crippen molar-refractivity contribution in [3.05, 3.63) is 29.3 Å². The van der Waals surface area contributed by atoms with Gasteiger partial charge in [0.05, 0.1) is 5.92 Å². The number of amides is 2. The van der Waals surface area contributed by atoms with E-state index in [1.807, 2.05) is 12.1 Å². The van der Waals surface area contributed by atoms with E-state index < -0.39 is 0 Å². The Morgan fingerprint density at radius 1 is 1.27 bits per heavy atom. The highest BCUT2D eigenvalue weighted by Gasteiger charge is 2.34. The van der Waals surface area contributed by atoms with Crippen molar-refractivity contribution in [2.24, 2.45) is 5.92 Å². The molecule has 1 aromatic carbocycles. The fraction of sp³-hybridized carbons (Fsp3) is 0.529. The molecule has 120 valence electrons. The van der Waals surface area contributed by atoms with E-state index in [0.717, 1.165) is 18.5 Å². The summed E-state index contributed by atoms with van der Waals surface area (Å²) < 4.78 is 0. The molecule has 1 atom stereocenters. The van der Waals surface area contributed by atoms with Gasteiger partial charge in [-0.3, -0.25) is 9.59 Å². The maximum Gasteiger partial charge on any atom is 0.227 e. The fourth-order valence-corrected chi connectivity index (χ4v) is 2.79. The molecule has 1 saturated heterocycles. The molecule has 0 aromatic heterocycles. The summed E-state index contributed by atoms with van der Waals surface area (Å²) in [6.07, 6.45) is 4.80. The van der Waals surface area contributed by atoms with Crippen molar-refractivity contribution in [3.63, 3.8) is 0 Å². The van der Waals surface area contributed by atoms with Crippen LogP contribution in [-0.4, -0.2) is 24.9 Å². The fourth-order valence-electron chi connectivity index (χ4n) is 2.66. The van der Waals surface area contributed by atoms with Crippen LogP contribution < -0.4 is 10.2 Å². The van der Waals surface area contributed by atoms with Crippen molar-refractivity contribution >= 4 is 29.1 Å². The molecule has 1 aliphatic rings. The van der Waals surface area contributed by atoms with Crippen LogP contribution in [0.3, 0.4) is 0 Å². The third-order valence-electron chi connectivity index (χ3n) is 3.96. The number of nitrogens with zero attached hydrogens (tertiary/aromatic N) is 1. The maximum atomic E-state index is 12.1. The molecule has 0 saturated carbocycles. The van der Waals surface area contributed by atoms with Crippen molar-refractivity contribution in [1.29, 1.82) is 0 Å². The normalized spacial score (nSPS) is 17.8. The second kappa shape index (κ2) is 8.18. The molecule has 0 radical (unpaired) electrons. The summed E-state index contributed by atoms with van der Waals surface area (Å²) in [5, 5.41) is 3.58. The summed E-state index contributed by atoms with van der Waals surface area (Å²) in [6, 6.07) is 7.13. The standard InChI is InChI=1S/C17H23ClN2O2/c1-2-3-4-5-10-19-17(22)13-11-16(21)20(12-13)15-8-6-14(18)7-9-15/h6-9,13H,2-5,10-12H2,1H3,(H,19,22)/t13-/m1/s1. The molecule has 5 heteroatoms. The molecule has 1 aliphatic heterocycles. The van der Waals surface area contributed by atoms with Crippen LogP contribution in [0.5, 0.6) is 0 Å². The van der Waals surface area contributed by atoms with Gasteiger partial charge in [-0.2, -0.15) is 0 Å². The Labute approximate surface area is 136 Å². The minimum absolute atomic E-state index is 0.00606. The van der Waals surface area contributed by atoms with E-state index in [-0.39, 0.29) is 24.2 Å². The van der Waals surface area contributed by atoms with Gasteiger partial charge in [0.25, 0.3) is 0 Å². The smallest absolute Gasteiger partial charge is 0.227 e. The second-order valence-corrected chi connectivity index (χ2v) is 6.17. The van der Waals surface area contributed by atoms with Gasteiger partial charge in [-0.05, 0) is 30.7 Å². The molecule has 0 bridgehead atoms. The quantitative estimate of drug-likeness (QED) is 0.782. The van der Waals surface area contributed by atoms with Crippen molar-refractivity contribution in [2.45, 2.75) is 39.0 Å². The van der Waals surface area contributed by atoms with Crippen molar-refractivity contribution in [2.75, 3.05) is 18.0 Å². The Balaban J connectivity index is 1.83. The molecular formula is C17H23ClN2O2. The van der Waals surface area contributed by atoms with Crippen molar-refractivity contribution < 1.29 is 9.59 Å². The minimum atomic E-state index is -0.255. The molecule has 4 nitrogen and oxygen atoms in total. The summed E-state index contributed by atoms with van der Waals surface area (Å²) in [5.74, 6) is -0.274. The number of hydrogen-bond acceptors (Lipinski definition) is 2. The lowest BCUT2D eigenvalue weighted by Crippen LogP contribution is -2.33. The Kier molecular flexibility index (Phi) is 6.25. The molecule has 22 heavy (non-hydrogen) atoms. The van der Waals surface area contributed by atoms with Crippen LogP contribution in [0.2, 0.25) is 5.02 Å². The van der Waals surface area contributed by atoms with Crippen LogP contribution in [0.1, 0.15) is 39.0 Å². The molecule has 2 rings (SSSR count). The lowest BCUT2D eigenvalue weighted by atomic mass is 10.1. The Morgan fingerprint density at radius 2 is 2.00 bits per heavy atom. The molecule has 1 heterocycles. The molecular weight excluding hydrogens is 300 g/mol. The lowest BCUT2D eigenvalue weighted by molar-refractivity contribution is -0.126. The van der Waals surface area contributed by atoms with Gasteiger partial charge < -0.3 is 10.2 Å². The Morgan fingerprint density at radius 3 is 2.68 bits per heavy atom. The number of benzene rings is 1. The van der Waals surface area contributed by atoms with Crippen LogP contribution in [0.4, 0.5) is 5.69 Å². The molecule has 1 N–H and O–H groups in total. The highest BCUT2D eigenvalue weighted by molar-refractivity contribution is 6.30. The predicted molar refractivity (Wildman–Crippen MR) is 89.1 cm³/mol. The summed E-state index contributed by atoms with van der Waals surface area (Å²) in [7, 11) is 0. The number of unbranched alkanes of at least 4 members (excludes halogenated alkanes) is 3. The zero-order valence-electron chi connectivity index (χ0n) is 13.0. The first-order valence-corrected chi connectivity index (χ1v) is 8.33. The summed E-state index contributed by atoms with van der Waals surface area (Å²) in [5.41, 5.74) is 0.799. The highest BCUT2D eigenvalue weighted by Crippen LogP contribution is 2.26. The van der Waals surface area contributed by atoms with E-state index in [9.17, 15) is 9.59 Å². The van der Waals surface area contributed by atoms with Crippen molar-refractivity contribution in [3.8, 4) is 0 Å². The topological polar surface area (TPSA) is 49.4 Å². The first-order valence-electron chi connectivity index (χ1n) is 7.95. The zero-order chi connectivity index (χ0) is 15.9. The van der Waals surface area contributed by atoms with Gasteiger partial charge in [-0.15, -0.1) is 0 Å². The summed E-state index contributed by atoms with van der Waals surface area (Å²) >= 11 is 5.86. The summed E-state index contributed by atoms with van der Waals surface area (Å²) in [4.78, 5) is 25.9. The molecule has 0 unspecified atom stereocenters. The second-order valence-electron chi connectivity index (χ2n) is 5.73. The molecule has 2 amide bonds. The van der Waals surface area contributed by atoms with Gasteiger partial charge in [0, 0.05) is 30.2 Å². The number of hydrogen-bond donors (Lipinski definition) is 1. The number of halogens is 1. The van der Waals surface area contributed by atoms with Gasteiger partial charge in [-0.25, -0.2) is 0 Å². The summed E-state index contributed by atoms with van der Waals surface area (Å²) in [6.45, 7) is 3.31. The molecule has 1 aromatic rings. The van der Waals surface area contributed by atoms with E-state index >= 15 is 0 Å². The number of carbonyl (C=O) groups is 2. The third kappa shape index (κ3) is 4.47. The van der Waals surface area contributed by atoms with Gasteiger partial charge in [0.2, 0.25) is 11.8 Å². The minimum Gasteiger partial charge on any atom is -0.356 e. The lowest BCUT2D eigenvalue weighted by Gasteiger charge is -2.16. The number of anilines is 1. The Bertz CT molecular complexity index is 516. The monoisotopic (exact) mass is 322 g/mol. The number of carbonyl (C=O) groups excluding carboxylic acids is 2. The van der Waals surface area contributed by atoms with Gasteiger partial charge in [0.1, 0.15) is 0 Å². The largest absolute Gasteiger partial charge is 0.356 e. The SMILES string of the molecule is CCCCCCNC(=O)[C@@H]1CC(=O)N(c2ccc(Cl)cc2)C1. The Hall–Kier alpha value is -1.55. The number of rotatable bonds is 7.